The molecule has 1 fully saturated rings. The number of ether oxygens (including phenoxy) is 2. The molecule has 1 aliphatic rings. The molecule has 2 atom stereocenters. The van der Waals surface area contributed by atoms with Gasteiger partial charge in [0, 0.05) is 6.42 Å². The molecule has 3 nitrogen and oxygen atoms in total. The Kier molecular flexibility index (Phi) is 10.6. The minimum absolute atomic E-state index is 0.0816. The fourth-order valence-corrected chi connectivity index (χ4v) is 3.36. The van der Waals surface area contributed by atoms with Gasteiger partial charge in [0.1, 0.15) is 0 Å². The van der Waals surface area contributed by atoms with Crippen molar-refractivity contribution < 1.29 is 14.3 Å². The fraction of sp³-hybridized carbons (Fsp3) is 0.950. The van der Waals surface area contributed by atoms with Gasteiger partial charge in [-0.2, -0.15) is 0 Å². The van der Waals surface area contributed by atoms with Crippen molar-refractivity contribution in [3.05, 3.63) is 0 Å². The van der Waals surface area contributed by atoms with Gasteiger partial charge >= 0.3 is 5.97 Å². The third-order valence-electron chi connectivity index (χ3n) is 5.14. The number of unbranched alkanes of at least 4 members (excludes halogenated alkanes) is 9. The molecule has 0 aromatic heterocycles. The van der Waals surface area contributed by atoms with E-state index in [4.69, 9.17) is 4.74 Å². The monoisotopic (exact) mass is 326 g/mol. The Morgan fingerprint density at radius 1 is 0.957 bits per heavy atom. The van der Waals surface area contributed by atoms with Crippen molar-refractivity contribution in [3.8, 4) is 0 Å². The summed E-state index contributed by atoms with van der Waals surface area (Å²) in [5, 5.41) is 0. The Morgan fingerprint density at radius 2 is 1.57 bits per heavy atom. The lowest BCUT2D eigenvalue weighted by molar-refractivity contribution is -0.140. The van der Waals surface area contributed by atoms with Gasteiger partial charge in [0.15, 0.2) is 0 Å². The third-order valence-corrected chi connectivity index (χ3v) is 5.14. The van der Waals surface area contributed by atoms with Crippen LogP contribution in [0.5, 0.6) is 0 Å². The van der Waals surface area contributed by atoms with Crippen LogP contribution in [0.25, 0.3) is 0 Å². The average molecular weight is 327 g/mol. The molecule has 1 rings (SSSR count). The number of methoxy groups -OCH3 is 1. The third kappa shape index (κ3) is 9.34. The minimum Gasteiger partial charge on any atom is -0.469 e. The maximum absolute atomic E-state index is 11.0. The van der Waals surface area contributed by atoms with Crippen LogP contribution < -0.4 is 0 Å². The maximum atomic E-state index is 11.0. The van der Waals surface area contributed by atoms with Crippen molar-refractivity contribution in [2.75, 3.05) is 7.11 Å². The lowest BCUT2D eigenvalue weighted by atomic mass is 9.95. The van der Waals surface area contributed by atoms with Gasteiger partial charge < -0.3 is 9.47 Å². The van der Waals surface area contributed by atoms with E-state index in [0.717, 1.165) is 12.8 Å². The molecule has 0 aliphatic carbocycles. The predicted molar refractivity (Wildman–Crippen MR) is 95.6 cm³/mol. The van der Waals surface area contributed by atoms with Crippen LogP contribution in [0.3, 0.4) is 0 Å². The number of rotatable bonds is 15. The number of carbonyl (C=O) groups excluding carboxylic acids is 1. The summed E-state index contributed by atoms with van der Waals surface area (Å²) in [6, 6.07) is 0. The smallest absolute Gasteiger partial charge is 0.305 e. The topological polar surface area (TPSA) is 38.8 Å². The first kappa shape index (κ1) is 20.5. The zero-order chi connectivity index (χ0) is 17.0. The molecule has 23 heavy (non-hydrogen) atoms. The lowest BCUT2D eigenvalue weighted by Gasteiger charge is -2.06. The quantitative estimate of drug-likeness (QED) is 0.217. The zero-order valence-electron chi connectivity index (χ0n) is 15.7. The van der Waals surface area contributed by atoms with Gasteiger partial charge in [0.2, 0.25) is 0 Å². The van der Waals surface area contributed by atoms with Crippen molar-refractivity contribution >= 4 is 5.97 Å². The van der Waals surface area contributed by atoms with Crippen molar-refractivity contribution in [3.63, 3.8) is 0 Å². The Balaban J connectivity index is 1.88. The van der Waals surface area contributed by atoms with Crippen LogP contribution in [0.1, 0.15) is 104 Å². The minimum atomic E-state index is -0.0816. The molecule has 1 heterocycles. The van der Waals surface area contributed by atoms with Gasteiger partial charge in [0.25, 0.3) is 0 Å². The molecule has 3 heteroatoms. The second-order valence-corrected chi connectivity index (χ2v) is 7.32. The average Bonchev–Trinajstić information content (AvgIpc) is 3.19. The summed E-state index contributed by atoms with van der Waals surface area (Å²) in [6.07, 6.45) is 17.5. The summed E-state index contributed by atoms with van der Waals surface area (Å²) >= 11 is 0. The van der Waals surface area contributed by atoms with Gasteiger partial charge in [-0.15, -0.1) is 0 Å². The first-order chi connectivity index (χ1) is 11.1. The van der Waals surface area contributed by atoms with Crippen molar-refractivity contribution in [2.45, 2.75) is 115 Å². The number of esters is 1. The molecular weight excluding hydrogens is 288 g/mol. The van der Waals surface area contributed by atoms with E-state index in [1.54, 1.807) is 0 Å². The van der Waals surface area contributed by atoms with Crippen LogP contribution in [0.2, 0.25) is 0 Å². The van der Waals surface area contributed by atoms with Gasteiger partial charge in [-0.3, -0.25) is 4.79 Å². The van der Waals surface area contributed by atoms with E-state index < -0.39 is 0 Å². The van der Waals surface area contributed by atoms with Crippen LogP contribution in [0.15, 0.2) is 0 Å². The summed E-state index contributed by atoms with van der Waals surface area (Å²) in [6.45, 7) is 4.56. The highest BCUT2D eigenvalue weighted by Crippen LogP contribution is 2.43. The van der Waals surface area contributed by atoms with E-state index in [1.165, 1.54) is 77.7 Å². The van der Waals surface area contributed by atoms with E-state index in [1.807, 2.05) is 0 Å². The molecule has 0 saturated carbocycles. The van der Waals surface area contributed by atoms with Crippen molar-refractivity contribution in [2.24, 2.45) is 0 Å². The number of hydrogen-bond donors (Lipinski definition) is 0. The first-order valence-corrected chi connectivity index (χ1v) is 9.87. The fourth-order valence-electron chi connectivity index (χ4n) is 3.36. The summed E-state index contributed by atoms with van der Waals surface area (Å²) in [7, 11) is 1.46. The maximum Gasteiger partial charge on any atom is 0.305 e. The second kappa shape index (κ2) is 11.9. The molecule has 0 spiro atoms. The van der Waals surface area contributed by atoms with Gasteiger partial charge in [0.05, 0.1) is 18.8 Å². The van der Waals surface area contributed by atoms with Crippen molar-refractivity contribution in [1.82, 2.24) is 0 Å². The molecular formula is C20H38O3. The summed E-state index contributed by atoms with van der Waals surface area (Å²) in [5.41, 5.74) is 0.190. The van der Waals surface area contributed by atoms with Crippen LogP contribution in [0.4, 0.5) is 0 Å². The van der Waals surface area contributed by atoms with Gasteiger partial charge in [-0.25, -0.2) is 0 Å². The van der Waals surface area contributed by atoms with Crippen LogP contribution in [-0.2, 0) is 14.3 Å². The molecule has 136 valence electrons. The Morgan fingerprint density at radius 3 is 2.26 bits per heavy atom. The highest BCUT2D eigenvalue weighted by Gasteiger charge is 2.50. The molecule has 2 unspecified atom stereocenters. The first-order valence-electron chi connectivity index (χ1n) is 9.87. The van der Waals surface area contributed by atoms with E-state index in [2.05, 4.69) is 18.6 Å². The lowest BCUT2D eigenvalue weighted by Crippen LogP contribution is -2.09. The van der Waals surface area contributed by atoms with Crippen LogP contribution in [-0.4, -0.2) is 24.8 Å². The second-order valence-electron chi connectivity index (χ2n) is 7.32. The molecule has 0 aromatic rings. The van der Waals surface area contributed by atoms with E-state index in [9.17, 15) is 4.79 Å². The molecule has 1 aliphatic heterocycles. The van der Waals surface area contributed by atoms with E-state index in [-0.39, 0.29) is 11.6 Å². The Hall–Kier alpha value is -0.570. The van der Waals surface area contributed by atoms with E-state index in [0.29, 0.717) is 12.5 Å². The van der Waals surface area contributed by atoms with Crippen LogP contribution in [0, 0.1) is 0 Å². The number of carbonyl (C=O) groups is 1. The van der Waals surface area contributed by atoms with Crippen molar-refractivity contribution in [1.29, 1.82) is 0 Å². The van der Waals surface area contributed by atoms with Gasteiger partial charge in [-0.05, 0) is 26.2 Å². The summed E-state index contributed by atoms with van der Waals surface area (Å²) < 4.78 is 10.6. The Labute approximate surface area is 143 Å². The SMILES string of the molecule is CCCCCCCCC1(C)OC1CCCCCCCC(=O)OC. The molecule has 0 N–H and O–H groups in total. The highest BCUT2D eigenvalue weighted by molar-refractivity contribution is 5.68. The number of epoxide rings is 1. The summed E-state index contributed by atoms with van der Waals surface area (Å²) in [5.74, 6) is -0.0816. The highest BCUT2D eigenvalue weighted by atomic mass is 16.6. The number of hydrogen-bond acceptors (Lipinski definition) is 3. The molecule has 1 saturated heterocycles. The van der Waals surface area contributed by atoms with E-state index >= 15 is 0 Å². The Bertz CT molecular complexity index is 316. The van der Waals surface area contributed by atoms with Crippen LogP contribution >= 0.6 is 0 Å². The molecule has 0 radical (unpaired) electrons. The van der Waals surface area contributed by atoms with Gasteiger partial charge in [-0.1, -0.05) is 71.1 Å². The standard InChI is InChI=1S/C20H38O3/c1-4-5-6-7-11-14-17-20(2)18(23-20)15-12-9-8-10-13-16-19(21)22-3/h18H,4-17H2,1-3H3. The zero-order valence-corrected chi connectivity index (χ0v) is 15.7. The largest absolute Gasteiger partial charge is 0.469 e. The predicted octanol–water partition coefficient (Wildman–Crippen LogP) is 5.80. The molecule has 0 bridgehead atoms. The molecule has 0 amide bonds. The normalized spacial score (nSPS) is 23.0. The molecule has 0 aromatic carbocycles. The summed E-state index contributed by atoms with van der Waals surface area (Å²) in [4.78, 5) is 11.0.